The lowest BCUT2D eigenvalue weighted by Crippen LogP contribution is -2.38. The van der Waals surface area contributed by atoms with E-state index in [4.69, 9.17) is 16.3 Å². The van der Waals surface area contributed by atoms with E-state index in [9.17, 15) is 0 Å². The molecule has 1 saturated carbocycles. The summed E-state index contributed by atoms with van der Waals surface area (Å²) in [7, 11) is 1.72. The van der Waals surface area contributed by atoms with Gasteiger partial charge in [0.1, 0.15) is 11.0 Å². The van der Waals surface area contributed by atoms with Gasteiger partial charge in [-0.05, 0) is 31.9 Å². The number of nitrogens with zero attached hydrogens (tertiary/aromatic N) is 3. The van der Waals surface area contributed by atoms with Crippen LogP contribution < -0.4 is 4.90 Å². The van der Waals surface area contributed by atoms with Crippen LogP contribution in [-0.4, -0.2) is 42.5 Å². The molecule has 0 radical (unpaired) electrons. The zero-order valence-corrected chi connectivity index (χ0v) is 13.2. The number of halogens is 1. The van der Waals surface area contributed by atoms with Crippen molar-refractivity contribution in [3.63, 3.8) is 0 Å². The molecule has 106 valence electrons. The predicted molar refractivity (Wildman–Crippen MR) is 80.2 cm³/mol. The molecule has 0 N–H and O–H groups in total. The Morgan fingerprint density at radius 3 is 2.84 bits per heavy atom. The first-order valence-electron chi connectivity index (χ1n) is 6.50. The molecule has 0 spiro atoms. The number of anilines is 1. The molecule has 0 amide bonds. The van der Waals surface area contributed by atoms with Crippen molar-refractivity contribution in [3.8, 4) is 0 Å². The molecule has 0 bridgehead atoms. The number of hydrogen-bond acceptors (Lipinski definition) is 5. The maximum absolute atomic E-state index is 6.08. The van der Waals surface area contributed by atoms with E-state index in [2.05, 4.69) is 21.8 Å². The van der Waals surface area contributed by atoms with Gasteiger partial charge in [0.25, 0.3) is 0 Å². The first-order valence-corrected chi connectivity index (χ1v) is 8.10. The summed E-state index contributed by atoms with van der Waals surface area (Å²) in [6.45, 7) is 3.77. The Morgan fingerprint density at radius 1 is 1.53 bits per heavy atom. The first-order chi connectivity index (χ1) is 9.15. The van der Waals surface area contributed by atoms with Gasteiger partial charge in [0.2, 0.25) is 0 Å². The summed E-state index contributed by atoms with van der Waals surface area (Å²) >= 11 is 7.59. The minimum absolute atomic E-state index is 0.468. The molecule has 0 aromatic carbocycles. The van der Waals surface area contributed by atoms with Gasteiger partial charge in [0.15, 0.2) is 5.16 Å². The summed E-state index contributed by atoms with van der Waals surface area (Å²) in [5, 5.41) is 1.22. The second-order valence-electron chi connectivity index (χ2n) is 4.80. The number of methoxy groups -OCH3 is 1. The van der Waals surface area contributed by atoms with E-state index < -0.39 is 0 Å². The Kier molecular flexibility index (Phi) is 5.30. The summed E-state index contributed by atoms with van der Waals surface area (Å²) in [5.41, 5.74) is 0. The number of rotatable bonds is 7. The topological polar surface area (TPSA) is 38.2 Å². The summed E-state index contributed by atoms with van der Waals surface area (Å²) < 4.78 is 5.21. The largest absolute Gasteiger partial charge is 0.383 e. The van der Waals surface area contributed by atoms with Crippen molar-refractivity contribution in [2.75, 3.05) is 31.4 Å². The summed E-state index contributed by atoms with van der Waals surface area (Å²) in [6, 6.07) is 2.31. The molecule has 4 nitrogen and oxygen atoms in total. The Bertz CT molecular complexity index is 428. The van der Waals surface area contributed by atoms with E-state index in [0.29, 0.717) is 23.0 Å². The van der Waals surface area contributed by atoms with Crippen molar-refractivity contribution in [2.45, 2.75) is 31.0 Å². The average Bonchev–Trinajstić information content (AvgIpc) is 3.22. The maximum Gasteiger partial charge on any atom is 0.190 e. The van der Waals surface area contributed by atoms with E-state index in [1.165, 1.54) is 24.6 Å². The SMILES string of the molecule is COCCN(c1cc(Cl)nc(SC)n1)C(C)C1CC1. The highest BCUT2D eigenvalue weighted by Gasteiger charge is 2.32. The van der Waals surface area contributed by atoms with Crippen LogP contribution in [0.4, 0.5) is 5.82 Å². The van der Waals surface area contributed by atoms with Crippen LogP contribution in [0.25, 0.3) is 0 Å². The molecule has 2 rings (SSSR count). The third kappa shape index (κ3) is 3.97. The highest BCUT2D eigenvalue weighted by atomic mass is 35.5. The molecule has 1 aliphatic carbocycles. The van der Waals surface area contributed by atoms with Gasteiger partial charge < -0.3 is 9.64 Å². The van der Waals surface area contributed by atoms with E-state index in [1.807, 2.05) is 12.3 Å². The van der Waals surface area contributed by atoms with Gasteiger partial charge in [-0.2, -0.15) is 0 Å². The van der Waals surface area contributed by atoms with Crippen LogP contribution in [0.5, 0.6) is 0 Å². The van der Waals surface area contributed by atoms with Crippen molar-refractivity contribution in [2.24, 2.45) is 5.92 Å². The molecular formula is C13H20ClN3OS. The fourth-order valence-corrected chi connectivity index (χ4v) is 2.78. The molecule has 1 unspecified atom stereocenters. The third-order valence-corrected chi connectivity index (χ3v) is 4.21. The lowest BCUT2D eigenvalue weighted by Gasteiger charge is -2.30. The van der Waals surface area contributed by atoms with Crippen LogP contribution >= 0.6 is 23.4 Å². The van der Waals surface area contributed by atoms with Crippen molar-refractivity contribution < 1.29 is 4.74 Å². The van der Waals surface area contributed by atoms with Gasteiger partial charge in [-0.15, -0.1) is 0 Å². The monoisotopic (exact) mass is 301 g/mol. The van der Waals surface area contributed by atoms with Gasteiger partial charge in [-0.25, -0.2) is 9.97 Å². The van der Waals surface area contributed by atoms with E-state index >= 15 is 0 Å². The summed E-state index contributed by atoms with van der Waals surface area (Å²) in [5.74, 6) is 1.67. The summed E-state index contributed by atoms with van der Waals surface area (Å²) in [6.07, 6.45) is 4.57. The molecule has 0 saturated heterocycles. The standard InChI is InChI=1S/C13H20ClN3OS/c1-9(10-4-5-10)17(6-7-18-2)12-8-11(14)15-13(16-12)19-3/h8-10H,4-7H2,1-3H3. The van der Waals surface area contributed by atoms with Crippen LogP contribution in [0.15, 0.2) is 11.2 Å². The smallest absolute Gasteiger partial charge is 0.190 e. The number of ether oxygens (including phenoxy) is 1. The molecular weight excluding hydrogens is 282 g/mol. The maximum atomic E-state index is 6.08. The van der Waals surface area contributed by atoms with Crippen LogP contribution in [0.1, 0.15) is 19.8 Å². The average molecular weight is 302 g/mol. The minimum atomic E-state index is 0.468. The quantitative estimate of drug-likeness (QED) is 0.439. The van der Waals surface area contributed by atoms with Crippen molar-refractivity contribution in [1.29, 1.82) is 0 Å². The molecule has 1 aromatic rings. The van der Waals surface area contributed by atoms with Crippen LogP contribution in [0.2, 0.25) is 5.15 Å². The van der Waals surface area contributed by atoms with Crippen molar-refractivity contribution in [3.05, 3.63) is 11.2 Å². The van der Waals surface area contributed by atoms with Crippen molar-refractivity contribution >= 4 is 29.2 Å². The third-order valence-electron chi connectivity index (χ3n) is 3.47. The molecule has 1 aliphatic rings. The highest BCUT2D eigenvalue weighted by Crippen LogP contribution is 2.36. The van der Waals surface area contributed by atoms with Crippen LogP contribution in [-0.2, 0) is 4.74 Å². The van der Waals surface area contributed by atoms with Gasteiger partial charge in [-0.1, -0.05) is 23.4 Å². The van der Waals surface area contributed by atoms with Crippen LogP contribution in [0, 0.1) is 5.92 Å². The van der Waals surface area contributed by atoms with Gasteiger partial charge in [-0.3, -0.25) is 0 Å². The molecule has 0 aliphatic heterocycles. The summed E-state index contributed by atoms with van der Waals surface area (Å²) in [4.78, 5) is 11.1. The Morgan fingerprint density at radius 2 is 2.26 bits per heavy atom. The fraction of sp³-hybridized carbons (Fsp3) is 0.692. The number of thioether (sulfide) groups is 1. The minimum Gasteiger partial charge on any atom is -0.383 e. The molecule has 1 aromatic heterocycles. The fourth-order valence-electron chi connectivity index (χ4n) is 2.17. The zero-order valence-electron chi connectivity index (χ0n) is 11.6. The molecule has 1 atom stereocenters. The van der Waals surface area contributed by atoms with Gasteiger partial charge in [0, 0.05) is 25.8 Å². The second-order valence-corrected chi connectivity index (χ2v) is 5.96. The lowest BCUT2D eigenvalue weighted by atomic mass is 10.2. The highest BCUT2D eigenvalue weighted by molar-refractivity contribution is 7.98. The number of aromatic nitrogens is 2. The number of hydrogen-bond donors (Lipinski definition) is 0. The van der Waals surface area contributed by atoms with E-state index in [-0.39, 0.29) is 0 Å². The van der Waals surface area contributed by atoms with E-state index in [1.54, 1.807) is 7.11 Å². The van der Waals surface area contributed by atoms with E-state index in [0.717, 1.165) is 18.3 Å². The Labute approximate surface area is 123 Å². The predicted octanol–water partition coefficient (Wildman–Crippen LogP) is 3.10. The van der Waals surface area contributed by atoms with Crippen molar-refractivity contribution in [1.82, 2.24) is 9.97 Å². The zero-order chi connectivity index (χ0) is 13.8. The Balaban J connectivity index is 2.22. The molecule has 19 heavy (non-hydrogen) atoms. The normalized spacial score (nSPS) is 16.4. The van der Waals surface area contributed by atoms with Gasteiger partial charge >= 0.3 is 0 Å². The first kappa shape index (κ1) is 14.9. The second kappa shape index (κ2) is 6.77. The van der Waals surface area contributed by atoms with Crippen LogP contribution in [0.3, 0.4) is 0 Å². The Hall–Kier alpha value is -0.520. The molecule has 1 heterocycles. The lowest BCUT2D eigenvalue weighted by molar-refractivity contribution is 0.202. The molecule has 1 fully saturated rings. The van der Waals surface area contributed by atoms with Gasteiger partial charge in [0.05, 0.1) is 6.61 Å². The molecule has 6 heteroatoms.